The minimum Gasteiger partial charge on any atom is -0.361 e. The number of piperidine rings is 1. The summed E-state index contributed by atoms with van der Waals surface area (Å²) in [6.45, 7) is 3.91. The zero-order chi connectivity index (χ0) is 11.4. The van der Waals surface area contributed by atoms with Crippen LogP contribution < -0.4 is 16.0 Å². The first-order valence-corrected chi connectivity index (χ1v) is 5.30. The van der Waals surface area contributed by atoms with Gasteiger partial charge >= 0.3 is 0 Å². The standard InChI is InChI=1S/C9H15N3O2S/c1-5(2)10-9(15)11-6-3-4-7(13)12-8(6)14/h5-6H,3-4H2,1-2H3,(H2,10,11,15)(H,12,13,14). The summed E-state index contributed by atoms with van der Waals surface area (Å²) in [6, 6.07) is -0.181. The molecule has 1 fully saturated rings. The fourth-order valence-corrected chi connectivity index (χ4v) is 1.67. The zero-order valence-electron chi connectivity index (χ0n) is 8.79. The molecule has 0 aromatic carbocycles. The van der Waals surface area contributed by atoms with E-state index >= 15 is 0 Å². The molecule has 15 heavy (non-hydrogen) atoms. The minimum absolute atomic E-state index is 0.221. The van der Waals surface area contributed by atoms with Crippen LogP contribution in [0.2, 0.25) is 0 Å². The molecular formula is C9H15N3O2S. The van der Waals surface area contributed by atoms with Gasteiger partial charge < -0.3 is 10.6 Å². The summed E-state index contributed by atoms with van der Waals surface area (Å²) in [5, 5.41) is 8.56. The van der Waals surface area contributed by atoms with Crippen molar-refractivity contribution in [3.63, 3.8) is 0 Å². The van der Waals surface area contributed by atoms with E-state index in [4.69, 9.17) is 12.2 Å². The molecule has 1 rings (SSSR count). The van der Waals surface area contributed by atoms with E-state index in [0.717, 1.165) is 0 Å². The highest BCUT2D eigenvalue weighted by molar-refractivity contribution is 7.80. The van der Waals surface area contributed by atoms with Crippen molar-refractivity contribution in [2.45, 2.75) is 38.8 Å². The summed E-state index contributed by atoms with van der Waals surface area (Å²) >= 11 is 5.01. The second-order valence-electron chi connectivity index (χ2n) is 3.78. The lowest BCUT2D eigenvalue weighted by Gasteiger charge is -2.24. The van der Waals surface area contributed by atoms with Crippen LogP contribution in [0.5, 0.6) is 0 Å². The Kier molecular flexibility index (Phi) is 4.02. The van der Waals surface area contributed by atoms with Crippen molar-refractivity contribution >= 4 is 29.1 Å². The fraction of sp³-hybridized carbons (Fsp3) is 0.667. The van der Waals surface area contributed by atoms with Gasteiger partial charge in [-0.1, -0.05) is 0 Å². The van der Waals surface area contributed by atoms with Gasteiger partial charge in [0.2, 0.25) is 11.8 Å². The van der Waals surface area contributed by atoms with Gasteiger partial charge in [0.1, 0.15) is 6.04 Å². The van der Waals surface area contributed by atoms with Crippen LogP contribution in [-0.4, -0.2) is 29.0 Å². The summed E-state index contributed by atoms with van der Waals surface area (Å²) in [5.74, 6) is -0.528. The molecule has 84 valence electrons. The molecule has 1 aliphatic rings. The third-order valence-corrected chi connectivity index (χ3v) is 2.20. The number of amides is 2. The van der Waals surface area contributed by atoms with Crippen LogP contribution in [0, 0.1) is 0 Å². The van der Waals surface area contributed by atoms with Crippen LogP contribution in [0.15, 0.2) is 0 Å². The lowest BCUT2D eigenvalue weighted by molar-refractivity contribution is -0.134. The van der Waals surface area contributed by atoms with E-state index in [2.05, 4.69) is 16.0 Å². The second-order valence-corrected chi connectivity index (χ2v) is 4.18. The first-order valence-electron chi connectivity index (χ1n) is 4.89. The predicted octanol–water partition coefficient (Wildman–Crippen LogP) is -0.336. The molecule has 0 aromatic heterocycles. The first-order chi connectivity index (χ1) is 6.99. The summed E-state index contributed by atoms with van der Waals surface area (Å²) in [7, 11) is 0. The van der Waals surface area contributed by atoms with Crippen molar-refractivity contribution in [2.75, 3.05) is 0 Å². The van der Waals surface area contributed by atoms with E-state index in [1.165, 1.54) is 0 Å². The zero-order valence-corrected chi connectivity index (χ0v) is 9.61. The van der Waals surface area contributed by atoms with Gasteiger partial charge in [-0.2, -0.15) is 0 Å². The van der Waals surface area contributed by atoms with E-state index in [1.54, 1.807) is 0 Å². The van der Waals surface area contributed by atoms with Gasteiger partial charge in [0.15, 0.2) is 5.11 Å². The number of rotatable bonds is 2. The fourth-order valence-electron chi connectivity index (χ4n) is 1.29. The lowest BCUT2D eigenvalue weighted by atomic mass is 10.1. The van der Waals surface area contributed by atoms with E-state index in [1.807, 2.05) is 13.8 Å². The van der Waals surface area contributed by atoms with Gasteiger partial charge in [-0.25, -0.2) is 0 Å². The number of hydrogen-bond donors (Lipinski definition) is 3. The predicted molar refractivity (Wildman–Crippen MR) is 60.2 cm³/mol. The minimum atomic E-state index is -0.401. The Labute approximate surface area is 94.0 Å². The van der Waals surface area contributed by atoms with Crippen LogP contribution in [-0.2, 0) is 9.59 Å². The number of thiocarbonyl (C=S) groups is 1. The first kappa shape index (κ1) is 11.9. The van der Waals surface area contributed by atoms with E-state index in [0.29, 0.717) is 18.0 Å². The molecule has 5 nitrogen and oxygen atoms in total. The smallest absolute Gasteiger partial charge is 0.249 e. The van der Waals surface area contributed by atoms with Gasteiger partial charge in [-0.15, -0.1) is 0 Å². The highest BCUT2D eigenvalue weighted by atomic mass is 32.1. The van der Waals surface area contributed by atoms with Crippen molar-refractivity contribution in [1.82, 2.24) is 16.0 Å². The number of nitrogens with one attached hydrogen (secondary N) is 3. The molecule has 0 bridgehead atoms. The number of carbonyl (C=O) groups excluding carboxylic acids is 2. The highest BCUT2D eigenvalue weighted by Crippen LogP contribution is 2.03. The molecule has 2 amide bonds. The molecule has 6 heteroatoms. The van der Waals surface area contributed by atoms with Crippen LogP contribution in [0.25, 0.3) is 0 Å². The molecule has 0 aromatic rings. The molecule has 1 saturated heterocycles. The quantitative estimate of drug-likeness (QED) is 0.446. The van der Waals surface area contributed by atoms with Gasteiger partial charge in [0.25, 0.3) is 0 Å². The van der Waals surface area contributed by atoms with Crippen molar-refractivity contribution in [3.8, 4) is 0 Å². The maximum atomic E-state index is 11.3. The average molecular weight is 229 g/mol. The van der Waals surface area contributed by atoms with Gasteiger partial charge in [0, 0.05) is 12.5 Å². The number of imide groups is 1. The van der Waals surface area contributed by atoms with Crippen molar-refractivity contribution < 1.29 is 9.59 Å². The Morgan fingerprint density at radius 1 is 1.53 bits per heavy atom. The summed E-state index contributed by atoms with van der Waals surface area (Å²) < 4.78 is 0. The molecular weight excluding hydrogens is 214 g/mol. The summed E-state index contributed by atoms with van der Waals surface area (Å²) in [5.41, 5.74) is 0. The number of carbonyl (C=O) groups is 2. The van der Waals surface area contributed by atoms with E-state index in [-0.39, 0.29) is 17.9 Å². The molecule has 0 aliphatic carbocycles. The topological polar surface area (TPSA) is 70.2 Å². The van der Waals surface area contributed by atoms with Gasteiger partial charge in [-0.05, 0) is 32.5 Å². The summed E-state index contributed by atoms with van der Waals surface area (Å²) in [4.78, 5) is 22.2. The maximum absolute atomic E-state index is 11.3. The molecule has 0 radical (unpaired) electrons. The number of hydrogen-bond acceptors (Lipinski definition) is 3. The van der Waals surface area contributed by atoms with Crippen molar-refractivity contribution in [1.29, 1.82) is 0 Å². The SMILES string of the molecule is CC(C)NC(=S)NC1CCC(=O)NC1=O. The average Bonchev–Trinajstić information content (AvgIpc) is 2.08. The van der Waals surface area contributed by atoms with Gasteiger partial charge in [-0.3, -0.25) is 14.9 Å². The van der Waals surface area contributed by atoms with Crippen molar-refractivity contribution in [3.05, 3.63) is 0 Å². The van der Waals surface area contributed by atoms with Crippen LogP contribution in [0.3, 0.4) is 0 Å². The van der Waals surface area contributed by atoms with Crippen LogP contribution in [0.1, 0.15) is 26.7 Å². The Morgan fingerprint density at radius 2 is 2.20 bits per heavy atom. The Bertz CT molecular complexity index is 291. The lowest BCUT2D eigenvalue weighted by Crippen LogP contribution is -2.54. The molecule has 1 aliphatic heterocycles. The highest BCUT2D eigenvalue weighted by Gasteiger charge is 2.26. The molecule has 1 unspecified atom stereocenters. The normalized spacial score (nSPS) is 21.1. The molecule has 3 N–H and O–H groups in total. The maximum Gasteiger partial charge on any atom is 0.249 e. The van der Waals surface area contributed by atoms with Crippen LogP contribution in [0.4, 0.5) is 0 Å². The van der Waals surface area contributed by atoms with E-state index in [9.17, 15) is 9.59 Å². The summed E-state index contributed by atoms with van der Waals surface area (Å²) in [6.07, 6.45) is 0.846. The van der Waals surface area contributed by atoms with E-state index < -0.39 is 6.04 Å². The monoisotopic (exact) mass is 229 g/mol. The van der Waals surface area contributed by atoms with Gasteiger partial charge in [0.05, 0.1) is 0 Å². The van der Waals surface area contributed by atoms with Crippen LogP contribution >= 0.6 is 12.2 Å². The molecule has 0 saturated carbocycles. The Balaban J connectivity index is 2.41. The third kappa shape index (κ3) is 3.83. The van der Waals surface area contributed by atoms with Crippen molar-refractivity contribution in [2.24, 2.45) is 0 Å². The largest absolute Gasteiger partial charge is 0.361 e. The Morgan fingerprint density at radius 3 is 2.73 bits per heavy atom. The molecule has 1 heterocycles. The second kappa shape index (κ2) is 5.06. The Hall–Kier alpha value is -1.17. The third-order valence-electron chi connectivity index (χ3n) is 1.96. The molecule has 1 atom stereocenters. The molecule has 0 spiro atoms.